The molecular formula is C22H27N5O2. The molecule has 0 aliphatic carbocycles. The molecule has 2 aromatic heterocycles. The average molecular weight is 393 g/mol. The van der Waals surface area contributed by atoms with Crippen molar-refractivity contribution in [2.24, 2.45) is 0 Å². The molecule has 152 valence electrons. The topological polar surface area (TPSA) is 72.3 Å². The van der Waals surface area contributed by atoms with E-state index in [2.05, 4.69) is 22.2 Å². The number of benzene rings is 1. The number of likely N-dealkylation sites (tertiary alicyclic amines) is 1. The number of hydrogen-bond acceptors (Lipinski definition) is 5. The molecular weight excluding hydrogens is 366 g/mol. The molecule has 0 bridgehead atoms. The molecule has 1 N–H and O–H groups in total. The first-order chi connectivity index (χ1) is 14.0. The predicted octanol–water partition coefficient (Wildman–Crippen LogP) is 3.58. The summed E-state index contributed by atoms with van der Waals surface area (Å²) in [5, 5.41) is 8.50. The van der Waals surface area contributed by atoms with Crippen molar-refractivity contribution in [2.45, 2.75) is 32.7 Å². The zero-order chi connectivity index (χ0) is 20.5. The molecule has 1 aliphatic heterocycles. The van der Waals surface area contributed by atoms with Gasteiger partial charge < -0.3 is 15.0 Å². The molecule has 1 saturated heterocycles. The molecule has 1 fully saturated rings. The largest absolute Gasteiger partial charge is 0.495 e. The van der Waals surface area contributed by atoms with Crippen molar-refractivity contribution in [1.29, 1.82) is 0 Å². The highest BCUT2D eigenvalue weighted by atomic mass is 16.5. The molecule has 29 heavy (non-hydrogen) atoms. The quantitative estimate of drug-likeness (QED) is 0.734. The van der Waals surface area contributed by atoms with Crippen LogP contribution >= 0.6 is 0 Å². The summed E-state index contributed by atoms with van der Waals surface area (Å²) in [5.74, 6) is 0.280. The molecule has 7 nitrogen and oxygen atoms in total. The number of amides is 1. The van der Waals surface area contributed by atoms with Gasteiger partial charge >= 0.3 is 0 Å². The van der Waals surface area contributed by atoms with Gasteiger partial charge in [-0.05, 0) is 59.0 Å². The number of methoxy groups -OCH3 is 1. The number of nitrogens with one attached hydrogen (secondary N) is 1. The van der Waals surface area contributed by atoms with Gasteiger partial charge in [0.25, 0.3) is 5.91 Å². The number of rotatable bonds is 4. The van der Waals surface area contributed by atoms with Crippen molar-refractivity contribution in [1.82, 2.24) is 19.7 Å². The van der Waals surface area contributed by atoms with Crippen LogP contribution in [0.15, 0.2) is 30.5 Å². The van der Waals surface area contributed by atoms with E-state index in [9.17, 15) is 4.79 Å². The van der Waals surface area contributed by atoms with Gasteiger partial charge in [0, 0.05) is 11.9 Å². The smallest absolute Gasteiger partial charge is 0.261 e. The molecule has 0 spiro atoms. The van der Waals surface area contributed by atoms with Gasteiger partial charge in [-0.25, -0.2) is 9.67 Å². The highest BCUT2D eigenvalue weighted by molar-refractivity contribution is 6.09. The number of carbonyl (C=O) groups excluding carboxylic acids is 1. The first kappa shape index (κ1) is 19.4. The Bertz CT molecular complexity index is 1030. The summed E-state index contributed by atoms with van der Waals surface area (Å²) in [6, 6.07) is 8.00. The molecule has 0 unspecified atom stereocenters. The Kier molecular flexibility index (Phi) is 5.24. The van der Waals surface area contributed by atoms with Crippen molar-refractivity contribution in [3.63, 3.8) is 0 Å². The van der Waals surface area contributed by atoms with Crippen LogP contribution in [0.1, 0.15) is 40.5 Å². The number of piperidine rings is 1. The second-order valence-corrected chi connectivity index (χ2v) is 7.79. The second kappa shape index (κ2) is 7.83. The van der Waals surface area contributed by atoms with Crippen LogP contribution in [0.4, 0.5) is 5.69 Å². The Labute approximate surface area is 170 Å². The van der Waals surface area contributed by atoms with Crippen molar-refractivity contribution < 1.29 is 9.53 Å². The summed E-state index contributed by atoms with van der Waals surface area (Å²) in [5.41, 5.74) is 3.89. The van der Waals surface area contributed by atoms with Crippen LogP contribution in [0.2, 0.25) is 0 Å². The Morgan fingerprint density at radius 3 is 2.52 bits per heavy atom. The molecule has 0 radical (unpaired) electrons. The SMILES string of the molecule is COc1c(C(=O)Nc2ccc(C)cc2)cnc2c1c(C)nn2C1CCN(C)CC1. The zero-order valence-electron chi connectivity index (χ0n) is 17.4. The Morgan fingerprint density at radius 1 is 1.17 bits per heavy atom. The Morgan fingerprint density at radius 2 is 1.86 bits per heavy atom. The van der Waals surface area contributed by atoms with Gasteiger partial charge in [0.05, 0.1) is 24.2 Å². The molecule has 1 amide bonds. The fourth-order valence-electron chi connectivity index (χ4n) is 3.95. The minimum Gasteiger partial charge on any atom is -0.495 e. The molecule has 4 rings (SSSR count). The summed E-state index contributed by atoms with van der Waals surface area (Å²) < 4.78 is 7.69. The van der Waals surface area contributed by atoms with Gasteiger partial charge in [-0.15, -0.1) is 0 Å². The average Bonchev–Trinajstić information content (AvgIpc) is 3.06. The maximum atomic E-state index is 12.9. The van der Waals surface area contributed by atoms with E-state index in [1.807, 2.05) is 42.8 Å². The summed E-state index contributed by atoms with van der Waals surface area (Å²) in [6.45, 7) is 6.04. The Hall–Kier alpha value is -2.93. The fourth-order valence-corrected chi connectivity index (χ4v) is 3.95. The summed E-state index contributed by atoms with van der Waals surface area (Å²) >= 11 is 0. The number of nitrogens with zero attached hydrogens (tertiary/aromatic N) is 4. The minimum atomic E-state index is -0.244. The van der Waals surface area contributed by atoms with Crippen LogP contribution in [-0.4, -0.2) is 52.8 Å². The molecule has 3 aromatic rings. The van der Waals surface area contributed by atoms with Gasteiger partial charge in [0.1, 0.15) is 11.3 Å². The van der Waals surface area contributed by atoms with E-state index in [1.54, 1.807) is 13.3 Å². The lowest BCUT2D eigenvalue weighted by Crippen LogP contribution is -2.32. The number of ether oxygens (including phenoxy) is 1. The van der Waals surface area contributed by atoms with Crippen LogP contribution in [0, 0.1) is 13.8 Å². The van der Waals surface area contributed by atoms with Gasteiger partial charge in [0.2, 0.25) is 0 Å². The van der Waals surface area contributed by atoms with Crippen molar-refractivity contribution in [3.05, 3.63) is 47.3 Å². The number of pyridine rings is 1. The number of hydrogen-bond donors (Lipinski definition) is 1. The first-order valence-electron chi connectivity index (χ1n) is 9.96. The first-order valence-corrected chi connectivity index (χ1v) is 9.96. The van der Waals surface area contributed by atoms with Crippen molar-refractivity contribution in [2.75, 3.05) is 32.6 Å². The number of anilines is 1. The lowest BCUT2D eigenvalue weighted by Gasteiger charge is -2.29. The van der Waals surface area contributed by atoms with Gasteiger partial charge in [-0.1, -0.05) is 17.7 Å². The number of fused-ring (bicyclic) bond motifs is 1. The zero-order valence-corrected chi connectivity index (χ0v) is 17.4. The third-order valence-corrected chi connectivity index (χ3v) is 5.64. The Balaban J connectivity index is 1.70. The molecule has 1 aromatic carbocycles. The van der Waals surface area contributed by atoms with E-state index < -0.39 is 0 Å². The summed E-state index contributed by atoms with van der Waals surface area (Å²) in [7, 11) is 3.73. The monoisotopic (exact) mass is 393 g/mol. The van der Waals surface area contributed by atoms with Crippen LogP contribution in [0.5, 0.6) is 5.75 Å². The number of carbonyl (C=O) groups is 1. The number of aryl methyl sites for hydroxylation is 2. The van der Waals surface area contributed by atoms with Crippen LogP contribution < -0.4 is 10.1 Å². The highest BCUT2D eigenvalue weighted by Gasteiger charge is 2.26. The van der Waals surface area contributed by atoms with E-state index in [4.69, 9.17) is 9.84 Å². The summed E-state index contributed by atoms with van der Waals surface area (Å²) in [4.78, 5) is 19.9. The fraction of sp³-hybridized carbons (Fsp3) is 0.409. The minimum absolute atomic E-state index is 0.244. The van der Waals surface area contributed by atoms with E-state index in [1.165, 1.54) is 0 Å². The van der Waals surface area contributed by atoms with Gasteiger partial charge in [-0.2, -0.15) is 5.10 Å². The predicted molar refractivity (Wildman–Crippen MR) is 114 cm³/mol. The van der Waals surface area contributed by atoms with E-state index in [-0.39, 0.29) is 5.91 Å². The molecule has 0 atom stereocenters. The molecule has 0 saturated carbocycles. The van der Waals surface area contributed by atoms with E-state index in [0.717, 1.165) is 53.9 Å². The molecule has 1 aliphatic rings. The van der Waals surface area contributed by atoms with Crippen molar-refractivity contribution in [3.8, 4) is 5.75 Å². The third kappa shape index (κ3) is 3.70. The van der Waals surface area contributed by atoms with Gasteiger partial charge in [0.15, 0.2) is 5.65 Å². The third-order valence-electron chi connectivity index (χ3n) is 5.64. The maximum absolute atomic E-state index is 12.9. The molecule has 7 heteroatoms. The molecule has 3 heterocycles. The summed E-state index contributed by atoms with van der Waals surface area (Å²) in [6.07, 6.45) is 3.66. The highest BCUT2D eigenvalue weighted by Crippen LogP contribution is 2.34. The standard InChI is InChI=1S/C22H27N5O2/c1-14-5-7-16(8-6-14)24-22(28)18-13-23-21-19(20(18)29-4)15(2)25-27(21)17-9-11-26(3)12-10-17/h5-8,13,17H,9-12H2,1-4H3,(H,24,28). The van der Waals surface area contributed by atoms with E-state index in [0.29, 0.717) is 17.4 Å². The number of aromatic nitrogens is 3. The van der Waals surface area contributed by atoms with E-state index >= 15 is 0 Å². The lowest BCUT2D eigenvalue weighted by atomic mass is 10.1. The maximum Gasteiger partial charge on any atom is 0.261 e. The van der Waals surface area contributed by atoms with Crippen LogP contribution in [-0.2, 0) is 0 Å². The van der Waals surface area contributed by atoms with Crippen LogP contribution in [0.25, 0.3) is 11.0 Å². The normalized spacial score (nSPS) is 15.6. The van der Waals surface area contributed by atoms with Crippen LogP contribution in [0.3, 0.4) is 0 Å². The lowest BCUT2D eigenvalue weighted by molar-refractivity contribution is 0.102. The van der Waals surface area contributed by atoms with Crippen molar-refractivity contribution >= 4 is 22.6 Å². The second-order valence-electron chi connectivity index (χ2n) is 7.79. The van der Waals surface area contributed by atoms with Gasteiger partial charge in [-0.3, -0.25) is 4.79 Å².